The molecule has 1 fully saturated rings. The second kappa shape index (κ2) is 4.88. The van der Waals surface area contributed by atoms with Gasteiger partial charge in [0, 0.05) is 17.1 Å². The Labute approximate surface area is 112 Å². The molecule has 1 N–H and O–H groups in total. The predicted octanol–water partition coefficient (Wildman–Crippen LogP) is 1.63. The minimum atomic E-state index is -3.41. The molecule has 1 aliphatic rings. The van der Waals surface area contributed by atoms with E-state index < -0.39 is 20.5 Å². The van der Waals surface area contributed by atoms with E-state index in [2.05, 4.69) is 21.2 Å². The molecule has 0 spiro atoms. The number of sulfone groups is 1. The topological polar surface area (TPSA) is 63.2 Å². The highest BCUT2D eigenvalue weighted by atomic mass is 79.9. The van der Waals surface area contributed by atoms with Crippen LogP contribution in [-0.2, 0) is 14.6 Å². The summed E-state index contributed by atoms with van der Waals surface area (Å²) in [6.07, 6.45) is 5.06. The molecule has 0 aliphatic heterocycles. The maximum atomic E-state index is 12.1. The smallest absolute Gasteiger partial charge is 0.241 e. The van der Waals surface area contributed by atoms with Gasteiger partial charge in [-0.05, 0) is 26.7 Å². The van der Waals surface area contributed by atoms with E-state index in [0.29, 0.717) is 5.33 Å². The first-order valence-electron chi connectivity index (χ1n) is 5.73. The molecule has 1 saturated carbocycles. The van der Waals surface area contributed by atoms with E-state index in [1.54, 1.807) is 0 Å². The molecule has 0 unspecified atom stereocenters. The first-order chi connectivity index (χ1) is 7.65. The number of hydrogen-bond donors (Lipinski definition) is 1. The van der Waals surface area contributed by atoms with E-state index >= 15 is 0 Å². The Morgan fingerprint density at radius 3 is 2.18 bits per heavy atom. The normalized spacial score (nSPS) is 20.2. The zero-order chi connectivity index (χ0) is 13.3. The monoisotopic (exact) mass is 325 g/mol. The molecule has 0 heterocycles. The summed E-state index contributed by atoms with van der Waals surface area (Å²) in [5, 5.41) is 3.60. The summed E-state index contributed by atoms with van der Waals surface area (Å²) in [4.78, 5) is 12.1. The molecule has 0 aromatic heterocycles. The highest BCUT2D eigenvalue weighted by molar-refractivity contribution is 9.09. The standard InChI is InChI=1S/C11H20BrNO3S/c1-10(2,17(3,15)16)9(14)13-11(8-12)6-4-5-7-11/h4-8H2,1-3H3,(H,13,14). The van der Waals surface area contributed by atoms with Crippen molar-refractivity contribution < 1.29 is 13.2 Å². The molecule has 1 rings (SSSR count). The van der Waals surface area contributed by atoms with E-state index in [1.807, 2.05) is 0 Å². The lowest BCUT2D eigenvalue weighted by molar-refractivity contribution is -0.124. The second-order valence-corrected chi connectivity index (χ2v) is 8.48. The largest absolute Gasteiger partial charge is 0.348 e. The van der Waals surface area contributed by atoms with Crippen LogP contribution in [0.25, 0.3) is 0 Å². The number of alkyl halides is 1. The lowest BCUT2D eigenvalue weighted by Gasteiger charge is -2.32. The van der Waals surface area contributed by atoms with Gasteiger partial charge in [-0.15, -0.1) is 0 Å². The third-order valence-electron chi connectivity index (χ3n) is 3.67. The quantitative estimate of drug-likeness (QED) is 0.799. The van der Waals surface area contributed by atoms with Crippen molar-refractivity contribution in [3.63, 3.8) is 0 Å². The Morgan fingerprint density at radius 2 is 1.82 bits per heavy atom. The van der Waals surface area contributed by atoms with Crippen LogP contribution in [0.3, 0.4) is 0 Å². The van der Waals surface area contributed by atoms with Gasteiger partial charge in [0.1, 0.15) is 4.75 Å². The van der Waals surface area contributed by atoms with E-state index in [4.69, 9.17) is 0 Å². The van der Waals surface area contributed by atoms with E-state index in [9.17, 15) is 13.2 Å². The lowest BCUT2D eigenvalue weighted by atomic mass is 9.99. The fraction of sp³-hybridized carbons (Fsp3) is 0.909. The molecule has 0 aromatic rings. The summed E-state index contributed by atoms with van der Waals surface area (Å²) in [7, 11) is -3.41. The van der Waals surface area contributed by atoms with E-state index in [0.717, 1.165) is 31.9 Å². The fourth-order valence-corrected chi connectivity index (χ4v) is 2.99. The molecule has 4 nitrogen and oxygen atoms in total. The van der Waals surface area contributed by atoms with Crippen LogP contribution in [0.2, 0.25) is 0 Å². The van der Waals surface area contributed by atoms with Crippen LogP contribution in [0.15, 0.2) is 0 Å². The van der Waals surface area contributed by atoms with Crippen molar-refractivity contribution >= 4 is 31.7 Å². The Morgan fingerprint density at radius 1 is 1.35 bits per heavy atom. The van der Waals surface area contributed by atoms with Crippen LogP contribution >= 0.6 is 15.9 Å². The minimum absolute atomic E-state index is 0.265. The number of amides is 1. The van der Waals surface area contributed by atoms with Gasteiger partial charge in [-0.1, -0.05) is 28.8 Å². The van der Waals surface area contributed by atoms with Crippen LogP contribution in [0.1, 0.15) is 39.5 Å². The number of halogens is 1. The van der Waals surface area contributed by atoms with Gasteiger partial charge in [0.2, 0.25) is 5.91 Å². The Hall–Kier alpha value is -0.100. The summed E-state index contributed by atoms with van der Waals surface area (Å²) in [5.41, 5.74) is -0.265. The van der Waals surface area contributed by atoms with Crippen LogP contribution in [0.5, 0.6) is 0 Å². The fourth-order valence-electron chi connectivity index (χ4n) is 1.90. The second-order valence-electron chi connectivity index (χ2n) is 5.36. The van der Waals surface area contributed by atoms with Crippen molar-refractivity contribution in [3.8, 4) is 0 Å². The Balaban J connectivity index is 2.85. The highest BCUT2D eigenvalue weighted by Crippen LogP contribution is 2.32. The molecule has 0 atom stereocenters. The molecule has 0 saturated heterocycles. The molecule has 6 heteroatoms. The van der Waals surface area contributed by atoms with Crippen molar-refractivity contribution in [2.24, 2.45) is 0 Å². The molecule has 0 bridgehead atoms. The van der Waals surface area contributed by atoms with Gasteiger partial charge in [-0.3, -0.25) is 4.79 Å². The van der Waals surface area contributed by atoms with Gasteiger partial charge in [0.15, 0.2) is 9.84 Å². The predicted molar refractivity (Wildman–Crippen MR) is 72.1 cm³/mol. The van der Waals surface area contributed by atoms with Crippen LogP contribution in [-0.4, -0.2) is 36.2 Å². The van der Waals surface area contributed by atoms with Crippen molar-refractivity contribution in [3.05, 3.63) is 0 Å². The average Bonchev–Trinajstić information content (AvgIpc) is 2.65. The van der Waals surface area contributed by atoms with Crippen LogP contribution in [0.4, 0.5) is 0 Å². The Kier molecular flexibility index (Phi) is 4.29. The first kappa shape index (κ1) is 15.0. The van der Waals surface area contributed by atoms with Crippen molar-refractivity contribution in [1.29, 1.82) is 0 Å². The SMILES string of the molecule is CC(C)(C(=O)NC1(CBr)CCCC1)S(C)(=O)=O. The zero-order valence-electron chi connectivity index (χ0n) is 10.5. The average molecular weight is 326 g/mol. The Bertz CT molecular complexity index is 397. The van der Waals surface area contributed by atoms with Crippen LogP contribution in [0, 0.1) is 0 Å². The number of carbonyl (C=O) groups is 1. The molecule has 0 aromatic carbocycles. The van der Waals surface area contributed by atoms with Crippen molar-refractivity contribution in [2.75, 3.05) is 11.6 Å². The molecular formula is C11H20BrNO3S. The summed E-state index contributed by atoms with van der Waals surface area (Å²) in [6.45, 7) is 2.91. The van der Waals surface area contributed by atoms with E-state index in [1.165, 1.54) is 13.8 Å². The maximum Gasteiger partial charge on any atom is 0.241 e. The summed E-state index contributed by atoms with van der Waals surface area (Å²) in [6, 6.07) is 0. The van der Waals surface area contributed by atoms with E-state index in [-0.39, 0.29) is 5.54 Å². The lowest BCUT2D eigenvalue weighted by Crippen LogP contribution is -2.56. The molecular weight excluding hydrogens is 306 g/mol. The third-order valence-corrected chi connectivity index (χ3v) is 6.78. The summed E-state index contributed by atoms with van der Waals surface area (Å²) >= 11 is 3.41. The summed E-state index contributed by atoms with van der Waals surface area (Å²) in [5.74, 6) is -0.402. The van der Waals surface area contributed by atoms with Crippen molar-refractivity contribution in [2.45, 2.75) is 49.8 Å². The maximum absolute atomic E-state index is 12.1. The third kappa shape index (κ3) is 3.02. The zero-order valence-corrected chi connectivity index (χ0v) is 12.9. The van der Waals surface area contributed by atoms with Gasteiger partial charge in [0.05, 0.1) is 0 Å². The first-order valence-corrected chi connectivity index (χ1v) is 8.74. The van der Waals surface area contributed by atoms with Crippen molar-refractivity contribution in [1.82, 2.24) is 5.32 Å². The number of hydrogen-bond acceptors (Lipinski definition) is 3. The summed E-state index contributed by atoms with van der Waals surface area (Å²) < 4.78 is 21.8. The number of rotatable bonds is 4. The van der Waals surface area contributed by atoms with Gasteiger partial charge in [-0.2, -0.15) is 0 Å². The molecule has 100 valence electrons. The minimum Gasteiger partial charge on any atom is -0.348 e. The van der Waals surface area contributed by atoms with Crippen LogP contribution < -0.4 is 5.32 Å². The van der Waals surface area contributed by atoms with Gasteiger partial charge in [-0.25, -0.2) is 8.42 Å². The van der Waals surface area contributed by atoms with Gasteiger partial charge in [0.25, 0.3) is 0 Å². The van der Waals surface area contributed by atoms with Gasteiger partial charge >= 0.3 is 0 Å². The molecule has 1 aliphatic carbocycles. The molecule has 1 amide bonds. The molecule has 0 radical (unpaired) electrons. The van der Waals surface area contributed by atoms with Gasteiger partial charge < -0.3 is 5.32 Å². The number of nitrogens with one attached hydrogen (secondary N) is 1. The molecule has 17 heavy (non-hydrogen) atoms. The number of carbonyl (C=O) groups excluding carboxylic acids is 1. The highest BCUT2D eigenvalue weighted by Gasteiger charge is 2.43.